The fourth-order valence-electron chi connectivity index (χ4n) is 3.40. The zero-order chi connectivity index (χ0) is 12.5. The van der Waals surface area contributed by atoms with E-state index in [-0.39, 0.29) is 5.41 Å². The fourth-order valence-corrected chi connectivity index (χ4v) is 3.40. The van der Waals surface area contributed by atoms with E-state index in [0.717, 1.165) is 39.0 Å². The van der Waals surface area contributed by atoms with Gasteiger partial charge in [-0.1, -0.05) is 20.8 Å². The topological polar surface area (TPSA) is 32.3 Å². The lowest BCUT2D eigenvalue weighted by Crippen LogP contribution is -2.51. The lowest BCUT2D eigenvalue weighted by Gasteiger charge is -2.42. The molecule has 17 heavy (non-hydrogen) atoms. The molecule has 0 radical (unpaired) electrons. The second-order valence-electron chi connectivity index (χ2n) is 6.47. The monoisotopic (exact) mass is 238 g/mol. The molecule has 0 aromatic carbocycles. The van der Waals surface area contributed by atoms with E-state index in [1.54, 1.807) is 0 Å². The maximum Gasteiger partial charge on any atom is 0.228 e. The highest BCUT2D eigenvalue weighted by atomic mass is 16.2. The molecule has 0 aromatic rings. The molecule has 2 fully saturated rings. The van der Waals surface area contributed by atoms with Crippen LogP contribution in [0.3, 0.4) is 0 Å². The van der Waals surface area contributed by atoms with Crippen LogP contribution in [0.1, 0.15) is 40.0 Å². The number of carbonyl (C=O) groups is 1. The van der Waals surface area contributed by atoms with Crippen LogP contribution in [0.15, 0.2) is 0 Å². The highest BCUT2D eigenvalue weighted by Gasteiger charge is 2.39. The molecular weight excluding hydrogens is 212 g/mol. The van der Waals surface area contributed by atoms with E-state index < -0.39 is 0 Å². The SMILES string of the molecule is CC1CC(C)CN(C(=O)C2(C)CCNCC2)C1. The molecule has 2 saturated heterocycles. The van der Waals surface area contributed by atoms with Crippen molar-refractivity contribution in [1.82, 2.24) is 10.2 Å². The molecule has 3 heteroatoms. The number of hydrogen-bond acceptors (Lipinski definition) is 2. The number of hydrogen-bond donors (Lipinski definition) is 1. The van der Waals surface area contributed by atoms with Crippen LogP contribution in [0.5, 0.6) is 0 Å². The van der Waals surface area contributed by atoms with Gasteiger partial charge < -0.3 is 10.2 Å². The van der Waals surface area contributed by atoms with Crippen LogP contribution in [-0.2, 0) is 4.79 Å². The van der Waals surface area contributed by atoms with Gasteiger partial charge in [0.05, 0.1) is 0 Å². The molecule has 1 N–H and O–H groups in total. The molecule has 2 aliphatic rings. The Kier molecular flexibility index (Phi) is 3.76. The van der Waals surface area contributed by atoms with Gasteiger partial charge in [0.1, 0.15) is 0 Å². The fraction of sp³-hybridized carbons (Fsp3) is 0.929. The Hall–Kier alpha value is -0.570. The largest absolute Gasteiger partial charge is 0.342 e. The van der Waals surface area contributed by atoms with Crippen molar-refractivity contribution in [3.8, 4) is 0 Å². The average Bonchev–Trinajstić information content (AvgIpc) is 2.27. The summed E-state index contributed by atoms with van der Waals surface area (Å²) in [5.41, 5.74) is -0.109. The van der Waals surface area contributed by atoms with Crippen molar-refractivity contribution < 1.29 is 4.79 Å². The number of amides is 1. The normalized spacial score (nSPS) is 33.5. The second-order valence-corrected chi connectivity index (χ2v) is 6.47. The number of piperidine rings is 2. The first-order valence-corrected chi connectivity index (χ1v) is 7.01. The number of carbonyl (C=O) groups excluding carboxylic acids is 1. The molecule has 2 unspecified atom stereocenters. The quantitative estimate of drug-likeness (QED) is 0.756. The van der Waals surface area contributed by atoms with Crippen LogP contribution >= 0.6 is 0 Å². The van der Waals surface area contributed by atoms with Crippen molar-refractivity contribution in [2.24, 2.45) is 17.3 Å². The van der Waals surface area contributed by atoms with Gasteiger partial charge >= 0.3 is 0 Å². The van der Waals surface area contributed by atoms with Crippen molar-refractivity contribution in [3.05, 3.63) is 0 Å². The Morgan fingerprint density at radius 1 is 1.18 bits per heavy atom. The van der Waals surface area contributed by atoms with Gasteiger partial charge in [0.15, 0.2) is 0 Å². The molecule has 0 spiro atoms. The first-order chi connectivity index (χ1) is 8.01. The second kappa shape index (κ2) is 4.97. The van der Waals surface area contributed by atoms with Crippen molar-refractivity contribution in [2.45, 2.75) is 40.0 Å². The summed E-state index contributed by atoms with van der Waals surface area (Å²) in [5.74, 6) is 1.72. The minimum atomic E-state index is -0.109. The van der Waals surface area contributed by atoms with Crippen molar-refractivity contribution in [3.63, 3.8) is 0 Å². The van der Waals surface area contributed by atoms with E-state index in [4.69, 9.17) is 0 Å². The molecule has 2 atom stereocenters. The van der Waals surface area contributed by atoms with Crippen LogP contribution in [0.4, 0.5) is 0 Å². The standard InChI is InChI=1S/C14H26N2O/c1-11-8-12(2)10-16(9-11)13(17)14(3)4-6-15-7-5-14/h11-12,15H,4-10H2,1-3H3. The average molecular weight is 238 g/mol. The van der Waals surface area contributed by atoms with Gasteiger partial charge in [-0.15, -0.1) is 0 Å². The van der Waals surface area contributed by atoms with Gasteiger partial charge in [-0.25, -0.2) is 0 Å². The molecule has 0 saturated carbocycles. The number of rotatable bonds is 1. The molecule has 0 bridgehead atoms. The van der Waals surface area contributed by atoms with E-state index in [9.17, 15) is 4.79 Å². The molecular formula is C14H26N2O. The number of nitrogens with zero attached hydrogens (tertiary/aromatic N) is 1. The molecule has 2 aliphatic heterocycles. The molecule has 3 nitrogen and oxygen atoms in total. The van der Waals surface area contributed by atoms with Gasteiger partial charge in [-0.2, -0.15) is 0 Å². The summed E-state index contributed by atoms with van der Waals surface area (Å²) in [4.78, 5) is 14.8. The van der Waals surface area contributed by atoms with E-state index in [0.29, 0.717) is 17.7 Å². The predicted octanol–water partition coefficient (Wildman–Crippen LogP) is 1.88. The highest BCUT2D eigenvalue weighted by Crippen LogP contribution is 2.33. The molecule has 1 amide bonds. The van der Waals surface area contributed by atoms with Crippen LogP contribution in [0, 0.1) is 17.3 Å². The van der Waals surface area contributed by atoms with Gasteiger partial charge in [-0.3, -0.25) is 4.79 Å². The summed E-state index contributed by atoms with van der Waals surface area (Å²) in [6, 6.07) is 0. The highest BCUT2D eigenvalue weighted by molar-refractivity contribution is 5.82. The lowest BCUT2D eigenvalue weighted by atomic mass is 9.78. The van der Waals surface area contributed by atoms with Crippen molar-refractivity contribution in [2.75, 3.05) is 26.2 Å². The van der Waals surface area contributed by atoms with E-state index >= 15 is 0 Å². The van der Waals surface area contributed by atoms with Gasteiger partial charge in [0.2, 0.25) is 5.91 Å². The smallest absolute Gasteiger partial charge is 0.228 e. The number of nitrogens with one attached hydrogen (secondary N) is 1. The first kappa shape index (κ1) is 12.9. The zero-order valence-corrected chi connectivity index (χ0v) is 11.5. The maximum atomic E-state index is 12.7. The Bertz CT molecular complexity index is 274. The summed E-state index contributed by atoms with van der Waals surface area (Å²) in [6.07, 6.45) is 3.25. The van der Waals surface area contributed by atoms with Gasteiger partial charge in [0, 0.05) is 18.5 Å². The molecule has 98 valence electrons. The molecule has 2 rings (SSSR count). The summed E-state index contributed by atoms with van der Waals surface area (Å²) in [5, 5.41) is 3.34. The Morgan fingerprint density at radius 3 is 2.24 bits per heavy atom. The van der Waals surface area contributed by atoms with Crippen LogP contribution in [0.2, 0.25) is 0 Å². The molecule has 2 heterocycles. The Morgan fingerprint density at radius 2 is 1.71 bits per heavy atom. The van der Waals surface area contributed by atoms with Gasteiger partial charge in [0.25, 0.3) is 0 Å². The first-order valence-electron chi connectivity index (χ1n) is 7.01. The third-order valence-corrected chi connectivity index (χ3v) is 4.38. The minimum Gasteiger partial charge on any atom is -0.342 e. The Labute approximate surface area is 105 Å². The third-order valence-electron chi connectivity index (χ3n) is 4.38. The summed E-state index contributed by atoms with van der Waals surface area (Å²) in [7, 11) is 0. The third kappa shape index (κ3) is 2.82. The minimum absolute atomic E-state index is 0.109. The number of likely N-dealkylation sites (tertiary alicyclic amines) is 1. The maximum absolute atomic E-state index is 12.7. The lowest BCUT2D eigenvalue weighted by molar-refractivity contribution is -0.145. The van der Waals surface area contributed by atoms with Gasteiger partial charge in [-0.05, 0) is 44.2 Å². The van der Waals surface area contributed by atoms with Crippen LogP contribution < -0.4 is 5.32 Å². The van der Waals surface area contributed by atoms with E-state index in [1.807, 2.05) is 0 Å². The van der Waals surface area contributed by atoms with Crippen LogP contribution in [-0.4, -0.2) is 37.0 Å². The summed E-state index contributed by atoms with van der Waals surface area (Å²) < 4.78 is 0. The summed E-state index contributed by atoms with van der Waals surface area (Å²) in [6.45, 7) is 10.6. The van der Waals surface area contributed by atoms with Crippen molar-refractivity contribution >= 4 is 5.91 Å². The molecule has 0 aromatic heterocycles. The van der Waals surface area contributed by atoms with E-state index in [2.05, 4.69) is 31.0 Å². The van der Waals surface area contributed by atoms with Crippen molar-refractivity contribution in [1.29, 1.82) is 0 Å². The Balaban J connectivity index is 2.03. The van der Waals surface area contributed by atoms with E-state index in [1.165, 1.54) is 6.42 Å². The zero-order valence-electron chi connectivity index (χ0n) is 11.5. The molecule has 0 aliphatic carbocycles. The predicted molar refractivity (Wildman–Crippen MR) is 69.7 cm³/mol. The van der Waals surface area contributed by atoms with Crippen LogP contribution in [0.25, 0.3) is 0 Å². The summed E-state index contributed by atoms with van der Waals surface area (Å²) >= 11 is 0.